The SMILES string of the molecule is CC1(C)CCC(NCc2nc3sc4c(c3c(=O)[nH]2)CCC4)C(CN)C1. The second kappa shape index (κ2) is 6.49. The zero-order valence-electron chi connectivity index (χ0n) is 15.2. The number of nitrogens with zero attached hydrogens (tertiary/aromatic N) is 1. The van der Waals surface area contributed by atoms with Crippen LogP contribution in [0.5, 0.6) is 0 Å². The average molecular weight is 361 g/mol. The largest absolute Gasteiger partial charge is 0.330 e. The van der Waals surface area contributed by atoms with Gasteiger partial charge in [0.15, 0.2) is 0 Å². The van der Waals surface area contributed by atoms with Crippen LogP contribution in [0.4, 0.5) is 0 Å². The normalized spacial score (nSPS) is 25.4. The van der Waals surface area contributed by atoms with Crippen LogP contribution in [-0.2, 0) is 19.4 Å². The van der Waals surface area contributed by atoms with E-state index >= 15 is 0 Å². The minimum Gasteiger partial charge on any atom is -0.330 e. The summed E-state index contributed by atoms with van der Waals surface area (Å²) < 4.78 is 0. The lowest BCUT2D eigenvalue weighted by atomic mass is 9.70. The topological polar surface area (TPSA) is 83.8 Å². The summed E-state index contributed by atoms with van der Waals surface area (Å²) in [6.07, 6.45) is 6.78. The highest BCUT2D eigenvalue weighted by molar-refractivity contribution is 7.18. The molecule has 2 aromatic rings. The monoisotopic (exact) mass is 360 g/mol. The van der Waals surface area contributed by atoms with Gasteiger partial charge in [0.05, 0.1) is 11.9 Å². The van der Waals surface area contributed by atoms with Gasteiger partial charge < -0.3 is 16.0 Å². The van der Waals surface area contributed by atoms with Crippen LogP contribution >= 0.6 is 11.3 Å². The van der Waals surface area contributed by atoms with Gasteiger partial charge in [0.2, 0.25) is 0 Å². The summed E-state index contributed by atoms with van der Waals surface area (Å²) in [4.78, 5) is 22.5. The van der Waals surface area contributed by atoms with E-state index < -0.39 is 0 Å². The fraction of sp³-hybridized carbons (Fsp3) is 0.684. The Hall–Kier alpha value is -1.24. The van der Waals surface area contributed by atoms with Gasteiger partial charge >= 0.3 is 0 Å². The molecule has 2 aliphatic rings. The maximum absolute atomic E-state index is 12.5. The molecule has 0 amide bonds. The van der Waals surface area contributed by atoms with Crippen LogP contribution in [0.1, 0.15) is 55.8 Å². The summed E-state index contributed by atoms with van der Waals surface area (Å²) in [5, 5.41) is 4.44. The highest BCUT2D eigenvalue weighted by Crippen LogP contribution is 2.38. The van der Waals surface area contributed by atoms with E-state index in [1.165, 1.54) is 23.3 Å². The summed E-state index contributed by atoms with van der Waals surface area (Å²) in [6, 6.07) is 0.410. The predicted molar refractivity (Wildman–Crippen MR) is 103 cm³/mol. The molecule has 0 aromatic carbocycles. The molecule has 136 valence electrons. The van der Waals surface area contributed by atoms with Crippen molar-refractivity contribution in [1.82, 2.24) is 15.3 Å². The van der Waals surface area contributed by atoms with Gasteiger partial charge in [0.1, 0.15) is 10.7 Å². The number of nitrogens with one attached hydrogen (secondary N) is 2. The molecule has 0 bridgehead atoms. The predicted octanol–water partition coefficient (Wildman–Crippen LogP) is 2.72. The van der Waals surface area contributed by atoms with Crippen molar-refractivity contribution < 1.29 is 0 Å². The molecule has 2 heterocycles. The van der Waals surface area contributed by atoms with E-state index in [-0.39, 0.29) is 5.56 Å². The van der Waals surface area contributed by atoms with Crippen molar-refractivity contribution >= 4 is 21.6 Å². The number of aryl methyl sites for hydroxylation is 2. The molecule has 1 saturated carbocycles. The molecular formula is C19H28N4OS. The Morgan fingerprint density at radius 3 is 3.04 bits per heavy atom. The third kappa shape index (κ3) is 3.27. The van der Waals surface area contributed by atoms with Crippen LogP contribution in [0.2, 0.25) is 0 Å². The lowest BCUT2D eigenvalue weighted by molar-refractivity contribution is 0.141. The smallest absolute Gasteiger partial charge is 0.259 e. The number of fused-ring (bicyclic) bond motifs is 3. The van der Waals surface area contributed by atoms with Crippen molar-refractivity contribution in [2.45, 2.75) is 65.0 Å². The Bertz CT molecular complexity index is 838. The number of nitrogens with two attached hydrogens (primary N) is 1. The number of aromatic amines is 1. The summed E-state index contributed by atoms with van der Waals surface area (Å²) in [7, 11) is 0. The average Bonchev–Trinajstić information content (AvgIpc) is 3.13. The van der Waals surface area contributed by atoms with E-state index in [2.05, 4.69) is 24.1 Å². The van der Waals surface area contributed by atoms with E-state index in [1.807, 2.05) is 0 Å². The van der Waals surface area contributed by atoms with Crippen molar-refractivity contribution in [3.05, 3.63) is 26.6 Å². The lowest BCUT2D eigenvalue weighted by Crippen LogP contribution is -2.45. The molecule has 2 atom stereocenters. The molecule has 4 N–H and O–H groups in total. The molecular weight excluding hydrogens is 332 g/mol. The van der Waals surface area contributed by atoms with E-state index in [0.29, 0.717) is 30.5 Å². The van der Waals surface area contributed by atoms with Gasteiger partial charge in [-0.1, -0.05) is 13.8 Å². The number of hydrogen-bond acceptors (Lipinski definition) is 5. The van der Waals surface area contributed by atoms with E-state index in [0.717, 1.165) is 41.7 Å². The Balaban J connectivity index is 1.51. The lowest BCUT2D eigenvalue weighted by Gasteiger charge is -2.40. The summed E-state index contributed by atoms with van der Waals surface area (Å²) in [5.74, 6) is 1.24. The quantitative estimate of drug-likeness (QED) is 0.783. The van der Waals surface area contributed by atoms with Gasteiger partial charge in [0, 0.05) is 10.9 Å². The van der Waals surface area contributed by atoms with E-state index in [1.54, 1.807) is 11.3 Å². The van der Waals surface area contributed by atoms with Crippen molar-refractivity contribution in [2.24, 2.45) is 17.1 Å². The summed E-state index contributed by atoms with van der Waals surface area (Å²) in [6.45, 7) is 5.97. The molecule has 0 saturated heterocycles. The molecule has 2 aromatic heterocycles. The first kappa shape index (κ1) is 17.2. The third-order valence-corrected chi connectivity index (χ3v) is 7.16. The fourth-order valence-electron chi connectivity index (χ4n) is 4.61. The Morgan fingerprint density at radius 1 is 1.40 bits per heavy atom. The molecule has 2 unspecified atom stereocenters. The first-order valence-corrected chi connectivity index (χ1v) is 10.3. The van der Waals surface area contributed by atoms with Gasteiger partial charge in [-0.05, 0) is 62.0 Å². The Kier molecular flexibility index (Phi) is 4.46. The molecule has 6 heteroatoms. The third-order valence-electron chi connectivity index (χ3n) is 5.97. The number of aromatic nitrogens is 2. The maximum atomic E-state index is 12.5. The molecule has 4 rings (SSSR count). The molecule has 0 aliphatic heterocycles. The van der Waals surface area contributed by atoms with E-state index in [4.69, 9.17) is 10.7 Å². The van der Waals surface area contributed by atoms with Crippen molar-refractivity contribution in [3.8, 4) is 0 Å². The van der Waals surface area contributed by atoms with Crippen molar-refractivity contribution in [2.75, 3.05) is 6.54 Å². The van der Waals surface area contributed by atoms with Gasteiger partial charge in [-0.15, -0.1) is 11.3 Å². The van der Waals surface area contributed by atoms with Crippen LogP contribution < -0.4 is 16.6 Å². The van der Waals surface area contributed by atoms with Gasteiger partial charge in [-0.3, -0.25) is 4.79 Å². The number of H-pyrrole nitrogens is 1. The minimum atomic E-state index is 0.0290. The van der Waals surface area contributed by atoms with Crippen LogP contribution in [0.3, 0.4) is 0 Å². The number of thiophene rings is 1. The van der Waals surface area contributed by atoms with Crippen LogP contribution in [0.25, 0.3) is 10.2 Å². The molecule has 0 spiro atoms. The van der Waals surface area contributed by atoms with Gasteiger partial charge in [-0.25, -0.2) is 4.98 Å². The summed E-state index contributed by atoms with van der Waals surface area (Å²) >= 11 is 1.70. The second-order valence-corrected chi connectivity index (χ2v) is 9.52. The highest BCUT2D eigenvalue weighted by atomic mass is 32.1. The summed E-state index contributed by atoms with van der Waals surface area (Å²) in [5.41, 5.74) is 7.66. The zero-order valence-corrected chi connectivity index (χ0v) is 16.0. The standard InChI is InChI=1S/C19H28N4OS/c1-19(2)7-6-13(11(8-19)9-20)21-10-15-22-17(24)16-12-4-3-5-14(12)25-18(16)23-15/h11,13,21H,3-10,20H2,1-2H3,(H,22,23,24). The van der Waals surface area contributed by atoms with E-state index in [9.17, 15) is 4.79 Å². The van der Waals surface area contributed by atoms with Crippen LogP contribution in [0.15, 0.2) is 4.79 Å². The highest BCUT2D eigenvalue weighted by Gasteiger charge is 2.33. The van der Waals surface area contributed by atoms with Crippen LogP contribution in [-0.4, -0.2) is 22.6 Å². The van der Waals surface area contributed by atoms with Crippen molar-refractivity contribution in [3.63, 3.8) is 0 Å². The molecule has 5 nitrogen and oxygen atoms in total. The minimum absolute atomic E-state index is 0.0290. The number of hydrogen-bond donors (Lipinski definition) is 3. The molecule has 0 radical (unpaired) electrons. The van der Waals surface area contributed by atoms with Crippen LogP contribution in [0, 0.1) is 11.3 Å². The molecule has 25 heavy (non-hydrogen) atoms. The number of rotatable bonds is 4. The first-order valence-electron chi connectivity index (χ1n) is 9.44. The van der Waals surface area contributed by atoms with Gasteiger partial charge in [-0.2, -0.15) is 0 Å². The second-order valence-electron chi connectivity index (χ2n) is 8.44. The molecule has 1 fully saturated rings. The van der Waals surface area contributed by atoms with Crippen molar-refractivity contribution in [1.29, 1.82) is 0 Å². The Labute approximate surface area is 152 Å². The Morgan fingerprint density at radius 2 is 2.24 bits per heavy atom. The molecule has 2 aliphatic carbocycles. The maximum Gasteiger partial charge on any atom is 0.259 e. The van der Waals surface area contributed by atoms with Gasteiger partial charge in [0.25, 0.3) is 5.56 Å². The fourth-order valence-corrected chi connectivity index (χ4v) is 5.89. The first-order chi connectivity index (χ1) is 12.0. The zero-order chi connectivity index (χ0) is 17.6.